The van der Waals surface area contributed by atoms with Crippen molar-refractivity contribution in [1.29, 1.82) is 0 Å². The number of aromatic amines is 1. The topological polar surface area (TPSA) is 110 Å². The highest BCUT2D eigenvalue weighted by atomic mass is 35.5. The Hall–Kier alpha value is -2.52. The number of aromatic nitrogens is 4. The van der Waals surface area contributed by atoms with Gasteiger partial charge in [-0.3, -0.25) is 14.7 Å². The second-order valence-electron chi connectivity index (χ2n) is 4.78. The molecule has 124 valence electrons. The second-order valence-corrected chi connectivity index (χ2v) is 6.13. The number of fused-ring (bicyclic) bond motifs is 1. The van der Waals surface area contributed by atoms with Crippen LogP contribution in [0.2, 0.25) is 4.34 Å². The molecule has 0 spiro atoms. The molecule has 0 atom stereocenters. The number of carbonyl (C=O) groups is 2. The minimum atomic E-state index is -0.466. The molecule has 24 heavy (non-hydrogen) atoms. The molecule has 0 bridgehead atoms. The Bertz CT molecular complexity index is 878. The number of amides is 1. The van der Waals surface area contributed by atoms with Crippen molar-refractivity contribution in [3.8, 4) is 0 Å². The number of ether oxygens (including phenoxy) is 1. The summed E-state index contributed by atoms with van der Waals surface area (Å²) in [6, 6.07) is 7.30. The average Bonchev–Trinajstić information content (AvgIpc) is 3.19. The van der Waals surface area contributed by atoms with Crippen LogP contribution in [0.1, 0.15) is 22.6 Å². The van der Waals surface area contributed by atoms with Crippen LogP contribution in [0.5, 0.6) is 0 Å². The number of esters is 1. The van der Waals surface area contributed by atoms with E-state index in [4.69, 9.17) is 16.3 Å². The van der Waals surface area contributed by atoms with E-state index in [-0.39, 0.29) is 25.5 Å². The van der Waals surface area contributed by atoms with Crippen LogP contribution >= 0.6 is 23.1 Å². The first kappa shape index (κ1) is 16.3. The molecule has 1 amide bonds. The van der Waals surface area contributed by atoms with E-state index < -0.39 is 5.97 Å². The van der Waals surface area contributed by atoms with Crippen LogP contribution in [0.3, 0.4) is 0 Å². The molecule has 3 rings (SSSR count). The quantitative estimate of drug-likeness (QED) is 0.646. The van der Waals surface area contributed by atoms with Gasteiger partial charge in [-0.25, -0.2) is 0 Å². The maximum absolute atomic E-state index is 12.1. The van der Waals surface area contributed by atoms with Gasteiger partial charge in [0.05, 0.1) is 11.9 Å². The lowest BCUT2D eigenvalue weighted by Crippen LogP contribution is -2.27. The summed E-state index contributed by atoms with van der Waals surface area (Å²) in [5.74, 6) is -0.821. The molecule has 2 N–H and O–H groups in total. The van der Waals surface area contributed by atoms with Gasteiger partial charge in [-0.1, -0.05) is 34.3 Å². The van der Waals surface area contributed by atoms with E-state index in [1.54, 1.807) is 6.07 Å². The molecule has 8 nitrogen and oxygen atoms in total. The molecule has 1 aromatic carbocycles. The van der Waals surface area contributed by atoms with Crippen LogP contribution in [-0.2, 0) is 16.1 Å². The summed E-state index contributed by atoms with van der Waals surface area (Å²) in [5.41, 5.74) is 1.48. The fourth-order valence-electron chi connectivity index (χ4n) is 2.00. The molecule has 0 fully saturated rings. The van der Waals surface area contributed by atoms with E-state index >= 15 is 0 Å². The Balaban J connectivity index is 1.46. The van der Waals surface area contributed by atoms with Gasteiger partial charge in [-0.15, -0.1) is 5.10 Å². The van der Waals surface area contributed by atoms with Crippen molar-refractivity contribution in [2.75, 3.05) is 6.54 Å². The predicted molar refractivity (Wildman–Crippen MR) is 87.8 cm³/mol. The van der Waals surface area contributed by atoms with E-state index in [2.05, 4.69) is 25.1 Å². The Labute approximate surface area is 145 Å². The molecule has 0 aliphatic heterocycles. The molecule has 0 radical (unpaired) electrons. The van der Waals surface area contributed by atoms with E-state index in [0.717, 1.165) is 22.4 Å². The zero-order valence-corrected chi connectivity index (χ0v) is 13.9. The highest BCUT2D eigenvalue weighted by Crippen LogP contribution is 2.18. The number of hydrogen-bond donors (Lipinski definition) is 2. The highest BCUT2D eigenvalue weighted by Gasteiger charge is 2.14. The smallest absolute Gasteiger partial charge is 0.307 e. The number of carbonyl (C=O) groups excluding carboxylic acids is 2. The Morgan fingerprint density at radius 1 is 1.33 bits per heavy atom. The molecule has 10 heteroatoms. The largest absolute Gasteiger partial charge is 0.459 e. The molecule has 2 aromatic heterocycles. The van der Waals surface area contributed by atoms with Gasteiger partial charge in [0.1, 0.15) is 16.6 Å². The second kappa shape index (κ2) is 7.37. The Kier molecular flexibility index (Phi) is 5.02. The molecule has 0 saturated heterocycles. The van der Waals surface area contributed by atoms with Crippen LogP contribution in [-0.4, -0.2) is 38.2 Å². The van der Waals surface area contributed by atoms with E-state index in [9.17, 15) is 9.59 Å². The summed E-state index contributed by atoms with van der Waals surface area (Å²) in [6.07, 6.45) is 0.0310. The average molecular weight is 366 g/mol. The molecular formula is C14H12ClN5O3S. The van der Waals surface area contributed by atoms with Crippen molar-refractivity contribution in [2.45, 2.75) is 13.0 Å². The molecule has 2 heterocycles. The Morgan fingerprint density at radius 2 is 2.17 bits per heavy atom. The number of benzene rings is 1. The fourth-order valence-corrected chi connectivity index (χ4v) is 2.60. The first-order chi connectivity index (χ1) is 11.6. The maximum Gasteiger partial charge on any atom is 0.307 e. The molecule has 0 aliphatic rings. The van der Waals surface area contributed by atoms with Crippen LogP contribution < -0.4 is 5.32 Å². The summed E-state index contributed by atoms with van der Waals surface area (Å²) >= 11 is 6.83. The lowest BCUT2D eigenvalue weighted by atomic mass is 10.2. The van der Waals surface area contributed by atoms with Crippen molar-refractivity contribution in [1.82, 2.24) is 25.1 Å². The number of para-hydroxylation sites is 1. The van der Waals surface area contributed by atoms with Gasteiger partial charge in [0, 0.05) is 23.5 Å². The first-order valence-corrected chi connectivity index (χ1v) is 8.14. The number of nitrogens with zero attached hydrogens (tertiary/aromatic N) is 3. The maximum atomic E-state index is 12.1. The molecule has 0 unspecified atom stereocenters. The monoisotopic (exact) mass is 365 g/mol. The third-order valence-corrected chi connectivity index (χ3v) is 4.16. The van der Waals surface area contributed by atoms with Crippen LogP contribution in [0.4, 0.5) is 0 Å². The normalized spacial score (nSPS) is 10.7. The van der Waals surface area contributed by atoms with Gasteiger partial charge in [0.25, 0.3) is 5.91 Å². The zero-order valence-electron chi connectivity index (χ0n) is 12.3. The third-order valence-electron chi connectivity index (χ3n) is 3.18. The number of rotatable bonds is 6. The van der Waals surface area contributed by atoms with Crippen LogP contribution in [0.15, 0.2) is 24.3 Å². The van der Waals surface area contributed by atoms with Gasteiger partial charge >= 0.3 is 5.97 Å². The van der Waals surface area contributed by atoms with Crippen molar-refractivity contribution < 1.29 is 14.3 Å². The van der Waals surface area contributed by atoms with E-state index in [1.807, 2.05) is 18.2 Å². The van der Waals surface area contributed by atoms with Crippen molar-refractivity contribution >= 4 is 45.9 Å². The molecule has 0 aliphatic carbocycles. The summed E-state index contributed by atoms with van der Waals surface area (Å²) in [5, 5.41) is 13.9. The van der Waals surface area contributed by atoms with Crippen LogP contribution in [0, 0.1) is 0 Å². The molecule has 3 aromatic rings. The molecule has 0 saturated carbocycles. The zero-order chi connectivity index (χ0) is 16.9. The number of H-pyrrole nitrogens is 1. The number of halogens is 1. The van der Waals surface area contributed by atoms with Gasteiger partial charge < -0.3 is 10.1 Å². The van der Waals surface area contributed by atoms with Gasteiger partial charge in [-0.2, -0.15) is 5.10 Å². The standard InChI is InChI=1S/C14H12ClN5O3S/c15-13-10(18-20-24-13)7-23-11(21)5-6-16-14(22)12-8-3-1-2-4-9(8)17-19-12/h1-4H,5-7H2,(H,16,22)(H,17,19). The predicted octanol–water partition coefficient (Wildman–Crippen LogP) is 1.93. The minimum absolute atomic E-state index is 0.0310. The fraction of sp³-hybridized carbons (Fsp3) is 0.214. The highest BCUT2D eigenvalue weighted by molar-refractivity contribution is 7.10. The molecular weight excluding hydrogens is 354 g/mol. The summed E-state index contributed by atoms with van der Waals surface area (Å²) < 4.78 is 9.05. The van der Waals surface area contributed by atoms with E-state index in [0.29, 0.717) is 15.7 Å². The Morgan fingerprint density at radius 3 is 2.96 bits per heavy atom. The first-order valence-electron chi connectivity index (χ1n) is 6.99. The van der Waals surface area contributed by atoms with Gasteiger partial charge in [0.2, 0.25) is 0 Å². The summed E-state index contributed by atoms with van der Waals surface area (Å²) in [7, 11) is 0. The summed E-state index contributed by atoms with van der Waals surface area (Å²) in [4.78, 5) is 23.8. The number of nitrogens with one attached hydrogen (secondary N) is 2. The van der Waals surface area contributed by atoms with Crippen LogP contribution in [0.25, 0.3) is 10.9 Å². The SMILES string of the molecule is O=C(CCNC(=O)c1n[nH]c2ccccc12)OCc1nnsc1Cl. The minimum Gasteiger partial charge on any atom is -0.459 e. The van der Waals surface area contributed by atoms with Crippen molar-refractivity contribution in [2.24, 2.45) is 0 Å². The summed E-state index contributed by atoms with van der Waals surface area (Å²) in [6.45, 7) is 0.105. The van der Waals surface area contributed by atoms with Crippen molar-refractivity contribution in [3.05, 3.63) is 40.0 Å². The van der Waals surface area contributed by atoms with Gasteiger partial charge in [0.15, 0.2) is 5.69 Å². The van der Waals surface area contributed by atoms with Crippen molar-refractivity contribution in [3.63, 3.8) is 0 Å². The number of hydrogen-bond acceptors (Lipinski definition) is 7. The lowest BCUT2D eigenvalue weighted by Gasteiger charge is -2.04. The third kappa shape index (κ3) is 3.69. The van der Waals surface area contributed by atoms with Gasteiger partial charge in [-0.05, 0) is 6.07 Å². The van der Waals surface area contributed by atoms with E-state index in [1.165, 1.54) is 0 Å². The lowest BCUT2D eigenvalue weighted by molar-refractivity contribution is -0.144.